The second kappa shape index (κ2) is 9.16. The van der Waals surface area contributed by atoms with Crippen LogP contribution in [0.1, 0.15) is 16.1 Å². The van der Waals surface area contributed by atoms with Crippen LogP contribution in [0.15, 0.2) is 67.1 Å². The number of benzene rings is 1. The molecule has 3 rings (SSSR count). The summed E-state index contributed by atoms with van der Waals surface area (Å²) in [6, 6.07) is 12.8. The number of anilines is 1. The van der Waals surface area contributed by atoms with Gasteiger partial charge in [-0.15, -0.1) is 0 Å². The molecule has 1 amide bonds. The highest BCUT2D eigenvalue weighted by molar-refractivity contribution is 6.06. The van der Waals surface area contributed by atoms with Gasteiger partial charge in [0.25, 0.3) is 5.91 Å². The van der Waals surface area contributed by atoms with E-state index in [9.17, 15) is 18.0 Å². The number of aromatic nitrogens is 2. The van der Waals surface area contributed by atoms with E-state index in [-0.39, 0.29) is 16.9 Å². The summed E-state index contributed by atoms with van der Waals surface area (Å²) in [6.07, 6.45) is 0.650. The van der Waals surface area contributed by atoms with Crippen molar-refractivity contribution in [3.63, 3.8) is 0 Å². The summed E-state index contributed by atoms with van der Waals surface area (Å²) in [5.74, 6) is -1.03. The Bertz CT molecular complexity index is 1100. The van der Waals surface area contributed by atoms with Crippen molar-refractivity contribution in [1.82, 2.24) is 14.9 Å². The van der Waals surface area contributed by atoms with Crippen molar-refractivity contribution >= 4 is 23.8 Å². The van der Waals surface area contributed by atoms with Crippen LogP contribution in [0.25, 0.3) is 11.1 Å². The number of nitrogens with one attached hydrogen (secondary N) is 3. The monoisotopic (exact) mass is 426 g/mol. The zero-order valence-corrected chi connectivity index (χ0v) is 16.0. The second-order valence-corrected chi connectivity index (χ2v) is 6.43. The molecule has 2 heterocycles. The largest absolute Gasteiger partial charge is 0.406 e. The Hall–Kier alpha value is -4.08. The third-order valence-corrected chi connectivity index (χ3v) is 4.17. The molecule has 0 bridgehead atoms. The summed E-state index contributed by atoms with van der Waals surface area (Å²) < 4.78 is 38.0. The van der Waals surface area contributed by atoms with E-state index in [2.05, 4.69) is 15.3 Å². The van der Waals surface area contributed by atoms with Crippen LogP contribution in [0, 0.1) is 10.8 Å². The highest BCUT2D eigenvalue weighted by Gasteiger charge is 2.31. The van der Waals surface area contributed by atoms with Gasteiger partial charge in [-0.1, -0.05) is 18.2 Å². The van der Waals surface area contributed by atoms with Gasteiger partial charge in [-0.3, -0.25) is 25.6 Å². The first kappa shape index (κ1) is 21.6. The van der Waals surface area contributed by atoms with Gasteiger partial charge in [0.1, 0.15) is 18.1 Å². The Kier molecular flexibility index (Phi) is 6.39. The SMILES string of the molecule is N=CN(CC(F)(F)F)C(=N)c1cccc(NC(=O)c2cc(-c3cccnc3)ccn2)c1. The summed E-state index contributed by atoms with van der Waals surface area (Å²) in [4.78, 5) is 21.2. The molecule has 0 atom stereocenters. The normalized spacial score (nSPS) is 10.9. The molecule has 158 valence electrons. The Balaban J connectivity index is 1.77. The molecule has 0 unspecified atom stereocenters. The van der Waals surface area contributed by atoms with Crippen molar-refractivity contribution < 1.29 is 18.0 Å². The number of pyridine rings is 2. The average molecular weight is 426 g/mol. The van der Waals surface area contributed by atoms with E-state index in [1.807, 2.05) is 6.07 Å². The summed E-state index contributed by atoms with van der Waals surface area (Å²) in [5, 5.41) is 17.8. The minimum absolute atomic E-state index is 0.114. The van der Waals surface area contributed by atoms with Gasteiger partial charge >= 0.3 is 6.18 Å². The zero-order chi connectivity index (χ0) is 22.4. The smallest absolute Gasteiger partial charge is 0.321 e. The molecule has 0 radical (unpaired) electrons. The van der Waals surface area contributed by atoms with Gasteiger partial charge in [0.15, 0.2) is 0 Å². The standard InChI is InChI=1S/C21H17F3N6O/c22-21(23,24)12-30(13-25)19(26)15-3-1-5-17(9-15)29-20(31)18-10-14(6-8-28-18)16-4-2-7-27-11-16/h1-11,13,25-26H,12H2,(H,29,31). The fourth-order valence-electron chi connectivity index (χ4n) is 2.76. The molecule has 3 N–H and O–H groups in total. The molecule has 0 aliphatic heterocycles. The summed E-state index contributed by atoms with van der Waals surface area (Å²) in [5.41, 5.74) is 2.09. The van der Waals surface area contributed by atoms with Crippen molar-refractivity contribution in [3.8, 4) is 11.1 Å². The van der Waals surface area contributed by atoms with E-state index in [0.717, 1.165) is 11.1 Å². The van der Waals surface area contributed by atoms with Gasteiger partial charge < -0.3 is 10.2 Å². The van der Waals surface area contributed by atoms with E-state index in [1.54, 1.807) is 30.6 Å². The third kappa shape index (κ3) is 5.72. The Morgan fingerprint density at radius 1 is 1.10 bits per heavy atom. The molecule has 2 aromatic heterocycles. The van der Waals surface area contributed by atoms with E-state index < -0.39 is 24.5 Å². The molecular weight excluding hydrogens is 409 g/mol. The maximum Gasteiger partial charge on any atom is 0.406 e. The fraction of sp³-hybridized carbons (Fsp3) is 0.0952. The lowest BCUT2D eigenvalue weighted by Gasteiger charge is -2.21. The first-order valence-electron chi connectivity index (χ1n) is 8.97. The molecule has 31 heavy (non-hydrogen) atoms. The van der Waals surface area contributed by atoms with Crippen molar-refractivity contribution in [2.45, 2.75) is 6.18 Å². The topological polar surface area (TPSA) is 106 Å². The van der Waals surface area contributed by atoms with E-state index >= 15 is 0 Å². The maximum atomic E-state index is 12.7. The second-order valence-electron chi connectivity index (χ2n) is 6.43. The van der Waals surface area contributed by atoms with Crippen LogP contribution in [-0.4, -0.2) is 45.7 Å². The maximum absolute atomic E-state index is 12.7. The van der Waals surface area contributed by atoms with Crippen LogP contribution < -0.4 is 5.32 Å². The van der Waals surface area contributed by atoms with E-state index in [4.69, 9.17) is 10.8 Å². The van der Waals surface area contributed by atoms with Gasteiger partial charge in [0.05, 0.1) is 6.34 Å². The van der Waals surface area contributed by atoms with Crippen LogP contribution in [0.3, 0.4) is 0 Å². The van der Waals surface area contributed by atoms with Crippen LogP contribution >= 0.6 is 0 Å². The Labute approximate surface area is 175 Å². The van der Waals surface area contributed by atoms with Crippen LogP contribution in [0.2, 0.25) is 0 Å². The van der Waals surface area contributed by atoms with Crippen molar-refractivity contribution in [1.29, 1.82) is 10.8 Å². The number of carbonyl (C=O) groups is 1. The lowest BCUT2D eigenvalue weighted by molar-refractivity contribution is -0.131. The van der Waals surface area contributed by atoms with Gasteiger partial charge in [0, 0.05) is 35.4 Å². The predicted octanol–water partition coefficient (Wildman–Crippen LogP) is 4.19. The first-order chi connectivity index (χ1) is 14.8. The molecule has 0 saturated carbocycles. The minimum atomic E-state index is -4.57. The van der Waals surface area contributed by atoms with Gasteiger partial charge in [-0.05, 0) is 35.9 Å². The summed E-state index contributed by atoms with van der Waals surface area (Å²) in [7, 11) is 0. The molecule has 0 aliphatic carbocycles. The molecule has 0 saturated heterocycles. The Morgan fingerprint density at radius 2 is 1.90 bits per heavy atom. The average Bonchev–Trinajstić information content (AvgIpc) is 2.77. The number of hydrogen-bond donors (Lipinski definition) is 3. The highest BCUT2D eigenvalue weighted by Crippen LogP contribution is 2.20. The fourth-order valence-corrected chi connectivity index (χ4v) is 2.76. The van der Waals surface area contributed by atoms with Gasteiger partial charge in [-0.25, -0.2) is 0 Å². The lowest BCUT2D eigenvalue weighted by atomic mass is 10.1. The van der Waals surface area contributed by atoms with Crippen LogP contribution in [-0.2, 0) is 0 Å². The number of carbonyl (C=O) groups excluding carboxylic acids is 1. The third-order valence-electron chi connectivity index (χ3n) is 4.17. The quantitative estimate of drug-likeness (QED) is 0.406. The number of amidine groups is 1. The Morgan fingerprint density at radius 3 is 2.58 bits per heavy atom. The first-order valence-corrected chi connectivity index (χ1v) is 8.97. The van der Waals surface area contributed by atoms with Crippen LogP contribution in [0.5, 0.6) is 0 Å². The predicted molar refractivity (Wildman–Crippen MR) is 110 cm³/mol. The molecule has 10 heteroatoms. The zero-order valence-electron chi connectivity index (χ0n) is 16.0. The molecule has 0 aliphatic rings. The van der Waals surface area contributed by atoms with Gasteiger partial charge in [0.2, 0.25) is 0 Å². The summed E-state index contributed by atoms with van der Waals surface area (Å²) >= 11 is 0. The van der Waals surface area contributed by atoms with Crippen molar-refractivity contribution in [2.24, 2.45) is 0 Å². The molecule has 0 spiro atoms. The molecule has 0 fully saturated rings. The number of alkyl halides is 3. The van der Waals surface area contributed by atoms with Crippen LogP contribution in [0.4, 0.5) is 18.9 Å². The number of hydrogen-bond acceptors (Lipinski definition) is 5. The molecule has 1 aromatic carbocycles. The summed E-state index contributed by atoms with van der Waals surface area (Å²) in [6.45, 7) is -1.46. The van der Waals surface area contributed by atoms with E-state index in [0.29, 0.717) is 11.2 Å². The minimum Gasteiger partial charge on any atom is -0.321 e. The van der Waals surface area contributed by atoms with Crippen molar-refractivity contribution in [2.75, 3.05) is 11.9 Å². The molecule has 3 aromatic rings. The van der Waals surface area contributed by atoms with E-state index in [1.165, 1.54) is 30.5 Å². The lowest BCUT2D eigenvalue weighted by Crippen LogP contribution is -2.37. The number of rotatable bonds is 6. The number of halogens is 3. The number of amides is 1. The van der Waals surface area contributed by atoms with Crippen molar-refractivity contribution in [3.05, 3.63) is 78.4 Å². The number of nitrogens with zero attached hydrogens (tertiary/aromatic N) is 3. The molecule has 7 nitrogen and oxygen atoms in total. The highest BCUT2D eigenvalue weighted by atomic mass is 19.4. The van der Waals surface area contributed by atoms with Gasteiger partial charge in [-0.2, -0.15) is 13.2 Å². The molecular formula is C21H17F3N6O.